The maximum Gasteiger partial charge on any atom is 0.221 e. The topological polar surface area (TPSA) is 89.0 Å². The Labute approximate surface area is 154 Å². The summed E-state index contributed by atoms with van der Waals surface area (Å²) in [5.74, 6) is 3.92. The van der Waals surface area contributed by atoms with Gasteiger partial charge in [0.1, 0.15) is 17.5 Å². The van der Waals surface area contributed by atoms with Crippen molar-refractivity contribution in [1.29, 1.82) is 0 Å². The van der Waals surface area contributed by atoms with Gasteiger partial charge in [-0.3, -0.25) is 4.90 Å². The Balaban J connectivity index is 1.38. The summed E-state index contributed by atoms with van der Waals surface area (Å²) in [5.41, 5.74) is 5.71. The van der Waals surface area contributed by atoms with E-state index in [4.69, 9.17) is 5.73 Å². The lowest BCUT2D eigenvalue weighted by molar-refractivity contribution is 0.213. The zero-order chi connectivity index (χ0) is 17.9. The van der Waals surface area contributed by atoms with E-state index in [-0.39, 0.29) is 0 Å². The highest BCUT2D eigenvalue weighted by molar-refractivity contribution is 5.41. The van der Waals surface area contributed by atoms with Crippen LogP contribution >= 0.6 is 0 Å². The fraction of sp³-hybridized carbons (Fsp3) is 0.667. The molecule has 0 atom stereocenters. The first-order chi connectivity index (χ1) is 12.7. The molecule has 2 aromatic rings. The molecular formula is C18H28N8. The largest absolute Gasteiger partial charge is 0.368 e. The summed E-state index contributed by atoms with van der Waals surface area (Å²) in [5, 5.41) is 9.03. The Bertz CT molecular complexity index is 729. The van der Waals surface area contributed by atoms with Crippen molar-refractivity contribution in [3.05, 3.63) is 23.9 Å². The molecule has 2 saturated heterocycles. The Morgan fingerprint density at radius 2 is 1.85 bits per heavy atom. The van der Waals surface area contributed by atoms with Gasteiger partial charge in [0.25, 0.3) is 0 Å². The summed E-state index contributed by atoms with van der Waals surface area (Å²) in [4.78, 5) is 13.1. The van der Waals surface area contributed by atoms with Crippen molar-refractivity contribution in [1.82, 2.24) is 29.6 Å². The summed E-state index contributed by atoms with van der Waals surface area (Å²) < 4.78 is 2.22. The number of likely N-dealkylation sites (tertiary alicyclic amines) is 1. The Morgan fingerprint density at radius 1 is 1.08 bits per heavy atom. The van der Waals surface area contributed by atoms with Gasteiger partial charge in [-0.1, -0.05) is 6.42 Å². The molecule has 0 saturated carbocycles. The van der Waals surface area contributed by atoms with Crippen molar-refractivity contribution in [2.75, 3.05) is 36.8 Å². The quantitative estimate of drug-likeness (QED) is 0.889. The van der Waals surface area contributed by atoms with Gasteiger partial charge >= 0.3 is 0 Å². The number of hydrogen-bond acceptors (Lipinski definition) is 7. The van der Waals surface area contributed by atoms with Gasteiger partial charge in [0.2, 0.25) is 5.95 Å². The molecule has 8 nitrogen and oxygen atoms in total. The monoisotopic (exact) mass is 356 g/mol. The molecule has 0 aromatic carbocycles. The number of nitrogens with two attached hydrogens (primary N) is 1. The van der Waals surface area contributed by atoms with Gasteiger partial charge in [0, 0.05) is 32.3 Å². The van der Waals surface area contributed by atoms with Gasteiger partial charge in [-0.25, -0.2) is 4.98 Å². The van der Waals surface area contributed by atoms with Crippen LogP contribution < -0.4 is 10.6 Å². The second kappa shape index (κ2) is 7.57. The zero-order valence-electron chi connectivity index (χ0n) is 15.5. The average Bonchev–Trinajstić information content (AvgIpc) is 3.03. The first-order valence-electron chi connectivity index (χ1n) is 9.64. The van der Waals surface area contributed by atoms with Crippen molar-refractivity contribution >= 4 is 11.8 Å². The molecule has 4 heterocycles. The highest BCUT2D eigenvalue weighted by atomic mass is 15.3. The van der Waals surface area contributed by atoms with Crippen molar-refractivity contribution in [2.45, 2.75) is 44.6 Å². The van der Waals surface area contributed by atoms with Gasteiger partial charge < -0.3 is 15.2 Å². The van der Waals surface area contributed by atoms with Gasteiger partial charge in [0.15, 0.2) is 0 Å². The first kappa shape index (κ1) is 17.2. The lowest BCUT2D eigenvalue weighted by atomic mass is 9.96. The lowest BCUT2D eigenvalue weighted by Gasteiger charge is -2.32. The molecule has 4 rings (SSSR count). The number of nitrogens with zero attached hydrogens (tertiary/aromatic N) is 7. The normalized spacial score (nSPS) is 19.8. The molecule has 0 bridgehead atoms. The predicted octanol–water partition coefficient (Wildman–Crippen LogP) is 1.56. The molecule has 26 heavy (non-hydrogen) atoms. The van der Waals surface area contributed by atoms with E-state index in [1.54, 1.807) is 6.20 Å². The van der Waals surface area contributed by atoms with E-state index in [0.717, 1.165) is 49.9 Å². The molecule has 0 aliphatic carbocycles. The van der Waals surface area contributed by atoms with Crippen molar-refractivity contribution in [2.24, 2.45) is 7.05 Å². The Morgan fingerprint density at radius 3 is 2.58 bits per heavy atom. The van der Waals surface area contributed by atoms with Crippen molar-refractivity contribution < 1.29 is 0 Å². The van der Waals surface area contributed by atoms with Crippen LogP contribution in [0.5, 0.6) is 0 Å². The van der Waals surface area contributed by atoms with Crippen LogP contribution in [0.1, 0.15) is 49.7 Å². The molecule has 2 aromatic heterocycles. The fourth-order valence-electron chi connectivity index (χ4n) is 4.09. The third-order valence-electron chi connectivity index (χ3n) is 5.66. The lowest BCUT2D eigenvalue weighted by Crippen LogP contribution is -2.34. The molecule has 2 aliphatic rings. The number of rotatable bonds is 4. The Hall–Kier alpha value is -2.22. The summed E-state index contributed by atoms with van der Waals surface area (Å²) in [6.07, 6.45) is 7.79. The highest BCUT2D eigenvalue weighted by Gasteiger charge is 2.26. The SMILES string of the molecule is Cn1c(CN2CCCCC2)nnc1C1CCN(c2ccnc(N)n2)CC1. The van der Waals surface area contributed by atoms with Crippen LogP contribution in [0.3, 0.4) is 0 Å². The fourth-order valence-corrected chi connectivity index (χ4v) is 4.09. The van der Waals surface area contributed by atoms with E-state index in [1.165, 1.54) is 32.4 Å². The molecule has 2 aliphatic heterocycles. The van der Waals surface area contributed by atoms with E-state index >= 15 is 0 Å². The van der Waals surface area contributed by atoms with Crippen LogP contribution in [0.2, 0.25) is 0 Å². The summed E-state index contributed by atoms with van der Waals surface area (Å²) >= 11 is 0. The number of hydrogen-bond donors (Lipinski definition) is 1. The number of aromatic nitrogens is 5. The minimum atomic E-state index is 0.334. The minimum Gasteiger partial charge on any atom is -0.368 e. The van der Waals surface area contributed by atoms with Crippen molar-refractivity contribution in [3.8, 4) is 0 Å². The van der Waals surface area contributed by atoms with Crippen LogP contribution in [-0.2, 0) is 13.6 Å². The molecule has 0 spiro atoms. The molecule has 140 valence electrons. The van der Waals surface area contributed by atoms with Crippen LogP contribution in [0.4, 0.5) is 11.8 Å². The maximum atomic E-state index is 5.71. The number of anilines is 2. The van der Waals surface area contributed by atoms with E-state index in [9.17, 15) is 0 Å². The highest BCUT2D eigenvalue weighted by Crippen LogP contribution is 2.29. The predicted molar refractivity (Wildman–Crippen MR) is 101 cm³/mol. The summed E-state index contributed by atoms with van der Waals surface area (Å²) in [6, 6.07) is 1.93. The van der Waals surface area contributed by atoms with Gasteiger partial charge in [-0.2, -0.15) is 4.98 Å². The number of piperidine rings is 2. The summed E-state index contributed by atoms with van der Waals surface area (Å²) in [6.45, 7) is 5.19. The third-order valence-corrected chi connectivity index (χ3v) is 5.66. The maximum absolute atomic E-state index is 5.71. The van der Waals surface area contributed by atoms with Gasteiger partial charge in [-0.05, 0) is 44.8 Å². The standard InChI is InChI=1S/C18H28N8/c1-24-16(13-25-9-3-2-4-10-25)22-23-17(24)14-6-11-26(12-7-14)15-5-8-20-18(19)21-15/h5,8,14H,2-4,6-7,9-13H2,1H3,(H2,19,20,21). The second-order valence-electron chi connectivity index (χ2n) is 7.40. The molecule has 8 heteroatoms. The number of nitrogen functional groups attached to an aromatic ring is 1. The van der Waals surface area contributed by atoms with Crippen LogP contribution in [0, 0.1) is 0 Å². The van der Waals surface area contributed by atoms with E-state index < -0.39 is 0 Å². The first-order valence-corrected chi connectivity index (χ1v) is 9.64. The molecular weight excluding hydrogens is 328 g/mol. The molecule has 0 unspecified atom stereocenters. The minimum absolute atomic E-state index is 0.334. The Kier molecular flexibility index (Phi) is 5.01. The van der Waals surface area contributed by atoms with Crippen LogP contribution in [0.25, 0.3) is 0 Å². The van der Waals surface area contributed by atoms with Gasteiger partial charge in [0.05, 0.1) is 6.54 Å². The molecule has 2 fully saturated rings. The van der Waals surface area contributed by atoms with Gasteiger partial charge in [-0.15, -0.1) is 10.2 Å². The third kappa shape index (κ3) is 3.65. The zero-order valence-corrected chi connectivity index (χ0v) is 15.5. The average molecular weight is 356 g/mol. The van der Waals surface area contributed by atoms with E-state index in [0.29, 0.717) is 11.9 Å². The second-order valence-corrected chi connectivity index (χ2v) is 7.40. The van der Waals surface area contributed by atoms with E-state index in [2.05, 4.69) is 41.6 Å². The van der Waals surface area contributed by atoms with E-state index in [1.807, 2.05) is 6.07 Å². The van der Waals surface area contributed by atoms with Crippen LogP contribution in [0.15, 0.2) is 12.3 Å². The molecule has 0 amide bonds. The smallest absolute Gasteiger partial charge is 0.221 e. The molecule has 0 radical (unpaired) electrons. The summed E-state index contributed by atoms with van der Waals surface area (Å²) in [7, 11) is 2.12. The van der Waals surface area contributed by atoms with Crippen LogP contribution in [-0.4, -0.2) is 55.8 Å². The molecule has 2 N–H and O–H groups in total. The van der Waals surface area contributed by atoms with Crippen molar-refractivity contribution in [3.63, 3.8) is 0 Å².